The van der Waals surface area contributed by atoms with Crippen molar-refractivity contribution in [3.05, 3.63) is 60.8 Å². The third-order valence-electron chi connectivity index (χ3n) is 11.0. The third kappa shape index (κ3) is 49.2. The molecule has 0 radical (unpaired) electrons. The van der Waals surface area contributed by atoms with Gasteiger partial charge < -0.3 is 27.9 Å². The quantitative estimate of drug-likeness (QED) is 0.0195. The van der Waals surface area contributed by atoms with Crippen LogP contribution in [0.25, 0.3) is 0 Å². The number of ether oxygens (including phenoxy) is 2. The fourth-order valence-electron chi connectivity index (χ4n) is 6.94. The lowest BCUT2D eigenvalue weighted by molar-refractivity contribution is -0.870. The Labute approximate surface area is 394 Å². The number of phosphoric acid groups is 1. The summed E-state index contributed by atoms with van der Waals surface area (Å²) >= 11 is 0. The Morgan fingerprint density at radius 1 is 0.484 bits per heavy atom. The lowest BCUT2D eigenvalue weighted by atomic mass is 10.1. The zero-order chi connectivity index (χ0) is 47.1. The van der Waals surface area contributed by atoms with Gasteiger partial charge in [-0.05, 0) is 77.0 Å². The van der Waals surface area contributed by atoms with Gasteiger partial charge in [-0.15, -0.1) is 0 Å². The van der Waals surface area contributed by atoms with Gasteiger partial charge in [0.2, 0.25) is 0 Å². The van der Waals surface area contributed by atoms with Gasteiger partial charge >= 0.3 is 11.9 Å². The first kappa shape index (κ1) is 61.7. The number of hydrogen-bond acceptors (Lipinski definition) is 8. The number of allylic oxidation sites excluding steroid dienone is 10. The van der Waals surface area contributed by atoms with E-state index >= 15 is 0 Å². The van der Waals surface area contributed by atoms with E-state index in [9.17, 15) is 19.0 Å². The Morgan fingerprint density at radius 2 is 0.859 bits per heavy atom. The van der Waals surface area contributed by atoms with Crippen LogP contribution in [0.15, 0.2) is 60.8 Å². The van der Waals surface area contributed by atoms with Gasteiger partial charge in [0.1, 0.15) is 19.8 Å². The molecule has 0 aromatic rings. The van der Waals surface area contributed by atoms with Gasteiger partial charge in [0.15, 0.2) is 6.10 Å². The summed E-state index contributed by atoms with van der Waals surface area (Å²) < 4.78 is 34.0. The van der Waals surface area contributed by atoms with E-state index in [1.807, 2.05) is 27.2 Å². The van der Waals surface area contributed by atoms with Crippen molar-refractivity contribution in [2.75, 3.05) is 47.5 Å². The van der Waals surface area contributed by atoms with E-state index in [1.54, 1.807) is 0 Å². The Balaban J connectivity index is 4.36. The number of carbonyl (C=O) groups is 2. The van der Waals surface area contributed by atoms with Gasteiger partial charge in [0.25, 0.3) is 7.82 Å². The Morgan fingerprint density at radius 3 is 1.31 bits per heavy atom. The van der Waals surface area contributed by atoms with Crippen LogP contribution in [0.5, 0.6) is 0 Å². The molecule has 10 heteroatoms. The molecule has 1 unspecified atom stereocenters. The zero-order valence-electron chi connectivity index (χ0n) is 42.0. The summed E-state index contributed by atoms with van der Waals surface area (Å²) in [5.74, 6) is -0.900. The van der Waals surface area contributed by atoms with E-state index in [-0.39, 0.29) is 26.1 Å². The topological polar surface area (TPSA) is 111 Å². The van der Waals surface area contributed by atoms with Crippen LogP contribution >= 0.6 is 7.82 Å². The first-order chi connectivity index (χ1) is 31.0. The molecule has 2 atom stereocenters. The Hall–Kier alpha value is -2.29. The van der Waals surface area contributed by atoms with Crippen molar-refractivity contribution >= 4 is 19.8 Å². The summed E-state index contributed by atoms with van der Waals surface area (Å²) in [6.45, 7) is 4.17. The van der Waals surface area contributed by atoms with Gasteiger partial charge in [-0.1, -0.05) is 190 Å². The van der Waals surface area contributed by atoms with E-state index in [0.717, 1.165) is 44.9 Å². The van der Waals surface area contributed by atoms with Gasteiger partial charge in [0, 0.05) is 12.8 Å². The van der Waals surface area contributed by atoms with Crippen molar-refractivity contribution in [3.8, 4) is 0 Å². The summed E-state index contributed by atoms with van der Waals surface area (Å²) in [4.78, 5) is 37.7. The summed E-state index contributed by atoms with van der Waals surface area (Å²) in [5, 5.41) is 0. The first-order valence-corrected chi connectivity index (χ1v) is 27.5. The lowest BCUT2D eigenvalue weighted by Gasteiger charge is -2.28. The summed E-state index contributed by atoms with van der Waals surface area (Å²) in [7, 11) is 1.13. The lowest BCUT2D eigenvalue weighted by Crippen LogP contribution is -2.37. The molecule has 0 spiro atoms. The highest BCUT2D eigenvalue weighted by atomic mass is 31.2. The van der Waals surface area contributed by atoms with Crippen molar-refractivity contribution in [3.63, 3.8) is 0 Å². The molecule has 0 bridgehead atoms. The van der Waals surface area contributed by atoms with Crippen LogP contribution in [-0.4, -0.2) is 70.0 Å². The number of nitrogens with zero attached hydrogens (tertiary/aromatic N) is 1. The molecule has 0 aromatic carbocycles. The van der Waals surface area contributed by atoms with E-state index in [1.165, 1.54) is 135 Å². The normalized spacial score (nSPS) is 13.9. The van der Waals surface area contributed by atoms with Gasteiger partial charge in [-0.3, -0.25) is 14.2 Å². The SMILES string of the molecule is CCCCCCCC/C=C/CCCCCCCCCCCC(=O)OC[C@H](COP(=O)([O-])OCC[N+](C)(C)C)OC(=O)CCC/C=C/C/C=C/C/C=C/C/C=C/CCCCCCCCC. The fraction of sp³-hybridized carbons (Fsp3) is 0.778. The fourth-order valence-corrected chi connectivity index (χ4v) is 7.67. The van der Waals surface area contributed by atoms with Crippen molar-refractivity contribution in [2.24, 2.45) is 0 Å². The van der Waals surface area contributed by atoms with Crippen LogP contribution in [0.1, 0.15) is 219 Å². The number of hydrogen-bond donors (Lipinski definition) is 0. The number of rotatable bonds is 47. The van der Waals surface area contributed by atoms with Crippen LogP contribution < -0.4 is 4.89 Å². The first-order valence-electron chi connectivity index (χ1n) is 26.0. The predicted molar refractivity (Wildman–Crippen MR) is 268 cm³/mol. The molecule has 0 saturated carbocycles. The van der Waals surface area contributed by atoms with Gasteiger partial charge in [-0.25, -0.2) is 0 Å². The molecule has 0 fully saturated rings. The molecule has 0 aliphatic carbocycles. The molecule has 0 aromatic heterocycles. The van der Waals surface area contributed by atoms with Crippen molar-refractivity contribution in [2.45, 2.75) is 225 Å². The minimum absolute atomic E-state index is 0.0430. The highest BCUT2D eigenvalue weighted by molar-refractivity contribution is 7.45. The van der Waals surface area contributed by atoms with E-state index in [0.29, 0.717) is 23.9 Å². The monoisotopic (exact) mass is 920 g/mol. The van der Waals surface area contributed by atoms with E-state index < -0.39 is 32.5 Å². The van der Waals surface area contributed by atoms with Crippen LogP contribution in [0.3, 0.4) is 0 Å². The predicted octanol–water partition coefficient (Wildman–Crippen LogP) is 15.0. The van der Waals surface area contributed by atoms with Crippen molar-refractivity contribution < 1.29 is 42.1 Å². The number of carbonyl (C=O) groups excluding carboxylic acids is 2. The summed E-state index contributed by atoms with van der Waals surface area (Å²) in [6.07, 6.45) is 56.9. The molecule has 372 valence electrons. The second-order valence-electron chi connectivity index (χ2n) is 18.5. The minimum Gasteiger partial charge on any atom is -0.756 e. The number of phosphoric ester groups is 1. The van der Waals surface area contributed by atoms with Gasteiger partial charge in [0.05, 0.1) is 27.7 Å². The molecule has 0 amide bonds. The Kier molecular flexibility index (Phi) is 44.2. The average molecular weight is 920 g/mol. The number of esters is 2. The van der Waals surface area contributed by atoms with Crippen LogP contribution in [0.4, 0.5) is 0 Å². The van der Waals surface area contributed by atoms with Crippen LogP contribution in [0, 0.1) is 0 Å². The second-order valence-corrected chi connectivity index (χ2v) is 19.9. The molecule has 0 saturated heterocycles. The molecule has 0 heterocycles. The van der Waals surface area contributed by atoms with Crippen molar-refractivity contribution in [1.82, 2.24) is 0 Å². The molecule has 9 nitrogen and oxygen atoms in total. The maximum atomic E-state index is 12.7. The molecular weight excluding hydrogens is 822 g/mol. The van der Waals surface area contributed by atoms with Crippen LogP contribution in [-0.2, 0) is 32.7 Å². The van der Waals surface area contributed by atoms with Gasteiger partial charge in [-0.2, -0.15) is 0 Å². The average Bonchev–Trinajstić information content (AvgIpc) is 3.25. The molecular formula is C54H98NO8P. The molecule has 0 aliphatic rings. The number of likely N-dealkylation sites (N-methyl/N-ethyl adjacent to an activating group) is 1. The zero-order valence-corrected chi connectivity index (χ0v) is 42.9. The number of quaternary nitrogens is 1. The molecule has 0 N–H and O–H groups in total. The standard InChI is InChI=1S/C54H98NO8P/c1-6-8-10-12-14-16-18-20-22-24-26-27-29-31-33-35-37-39-41-43-45-47-54(57)63-52(51-62-64(58,59)61-49-48-55(3,4)5)50-60-53(56)46-44-42-40-38-36-34-32-30-28-25-23-21-19-17-15-13-11-9-7-2/h21-24,27,29,33,35,39,41,52H,6-20,25-26,28,30-32,34,36-38,40,42-51H2,1-5H3/b23-21+,24-22+,29-27+,35-33+,41-39+/t52-/m1/s1. The summed E-state index contributed by atoms with van der Waals surface area (Å²) in [6, 6.07) is 0. The second kappa shape index (κ2) is 45.8. The molecule has 64 heavy (non-hydrogen) atoms. The van der Waals surface area contributed by atoms with E-state index in [2.05, 4.69) is 68.5 Å². The molecule has 0 rings (SSSR count). The maximum Gasteiger partial charge on any atom is 0.306 e. The Bertz CT molecular complexity index is 1270. The largest absolute Gasteiger partial charge is 0.756 e. The van der Waals surface area contributed by atoms with E-state index in [4.69, 9.17) is 18.5 Å². The van der Waals surface area contributed by atoms with Crippen molar-refractivity contribution in [1.29, 1.82) is 0 Å². The third-order valence-corrected chi connectivity index (χ3v) is 12.0. The smallest absolute Gasteiger partial charge is 0.306 e. The minimum atomic E-state index is -4.65. The number of unbranched alkanes of at least 4 members (excludes halogenated alkanes) is 23. The maximum absolute atomic E-state index is 12.7. The van der Waals surface area contributed by atoms with Crippen LogP contribution in [0.2, 0.25) is 0 Å². The molecule has 0 aliphatic heterocycles. The highest BCUT2D eigenvalue weighted by Gasteiger charge is 2.21. The summed E-state index contributed by atoms with van der Waals surface area (Å²) in [5.41, 5.74) is 0. The highest BCUT2D eigenvalue weighted by Crippen LogP contribution is 2.38.